The summed E-state index contributed by atoms with van der Waals surface area (Å²) in [5.41, 5.74) is 2.11. The van der Waals surface area contributed by atoms with Crippen LogP contribution in [-0.4, -0.2) is 28.5 Å². The van der Waals surface area contributed by atoms with Gasteiger partial charge in [0, 0.05) is 9.90 Å². The van der Waals surface area contributed by atoms with Crippen molar-refractivity contribution in [1.29, 1.82) is 0 Å². The monoisotopic (exact) mass is 361 g/mol. The molecule has 2 heterocycles. The summed E-state index contributed by atoms with van der Waals surface area (Å²) >= 11 is 7.55. The number of hydrogen-bond donors (Lipinski definition) is 0. The van der Waals surface area contributed by atoms with Crippen molar-refractivity contribution in [3.8, 4) is 0 Å². The highest BCUT2D eigenvalue weighted by molar-refractivity contribution is 7.18. The van der Waals surface area contributed by atoms with E-state index < -0.39 is 0 Å². The maximum Gasteiger partial charge on any atom is 0.262 e. The second kappa shape index (κ2) is 6.67. The van der Waals surface area contributed by atoms with Crippen LogP contribution in [0.5, 0.6) is 0 Å². The minimum Gasteiger partial charge on any atom is -0.302 e. The first-order valence-corrected chi connectivity index (χ1v) is 8.95. The summed E-state index contributed by atoms with van der Waals surface area (Å²) in [5, 5.41) is 1.44. The molecule has 0 aliphatic rings. The van der Waals surface area contributed by atoms with Crippen LogP contribution >= 0.6 is 22.9 Å². The molecule has 0 aliphatic carbocycles. The zero-order chi connectivity index (χ0) is 17.4. The molecule has 0 saturated carbocycles. The standard InChI is InChI=1S/C18H20ClN3OS/c1-11-12(2)24-17-16(11)18(23)22(15(20-17)10-21(3)4)9-13-5-7-14(19)8-6-13/h5-8H,9-10H2,1-4H3. The van der Waals surface area contributed by atoms with Crippen LogP contribution in [0.3, 0.4) is 0 Å². The molecule has 3 aromatic rings. The molecule has 24 heavy (non-hydrogen) atoms. The van der Waals surface area contributed by atoms with Gasteiger partial charge in [-0.2, -0.15) is 0 Å². The number of benzene rings is 1. The van der Waals surface area contributed by atoms with Gasteiger partial charge in [-0.25, -0.2) is 4.98 Å². The van der Waals surface area contributed by atoms with Gasteiger partial charge >= 0.3 is 0 Å². The van der Waals surface area contributed by atoms with Crippen LogP contribution in [0.1, 0.15) is 21.8 Å². The Bertz CT molecular complexity index is 942. The second-order valence-corrected chi connectivity index (χ2v) is 7.89. The van der Waals surface area contributed by atoms with Crippen molar-refractivity contribution in [1.82, 2.24) is 14.5 Å². The van der Waals surface area contributed by atoms with Gasteiger partial charge in [-0.3, -0.25) is 9.36 Å². The molecule has 0 atom stereocenters. The van der Waals surface area contributed by atoms with Gasteiger partial charge in [-0.05, 0) is 51.2 Å². The molecule has 1 aromatic carbocycles. The third-order valence-corrected chi connectivity index (χ3v) is 5.43. The molecule has 0 radical (unpaired) electrons. The topological polar surface area (TPSA) is 38.1 Å². The first-order valence-electron chi connectivity index (χ1n) is 7.75. The minimum atomic E-state index is 0.0358. The number of thiophene rings is 1. The zero-order valence-electron chi connectivity index (χ0n) is 14.3. The maximum atomic E-state index is 13.1. The molecule has 0 N–H and O–H groups in total. The Kier molecular flexibility index (Phi) is 4.76. The normalized spacial score (nSPS) is 11.6. The Balaban J connectivity index is 2.18. The van der Waals surface area contributed by atoms with Crippen LogP contribution in [-0.2, 0) is 13.1 Å². The van der Waals surface area contributed by atoms with Gasteiger partial charge < -0.3 is 4.90 Å². The van der Waals surface area contributed by atoms with Crippen molar-refractivity contribution in [3.63, 3.8) is 0 Å². The van der Waals surface area contributed by atoms with Crippen molar-refractivity contribution < 1.29 is 0 Å². The number of aryl methyl sites for hydroxylation is 2. The van der Waals surface area contributed by atoms with E-state index in [4.69, 9.17) is 16.6 Å². The first kappa shape index (κ1) is 17.1. The molecule has 0 aliphatic heterocycles. The average molecular weight is 362 g/mol. The summed E-state index contributed by atoms with van der Waals surface area (Å²) in [5.74, 6) is 0.786. The summed E-state index contributed by atoms with van der Waals surface area (Å²) < 4.78 is 1.78. The van der Waals surface area contributed by atoms with E-state index in [-0.39, 0.29) is 5.56 Å². The summed E-state index contributed by atoms with van der Waals surface area (Å²) in [6.07, 6.45) is 0. The number of rotatable bonds is 4. The number of nitrogens with zero attached hydrogens (tertiary/aromatic N) is 3. The highest BCUT2D eigenvalue weighted by Gasteiger charge is 2.17. The van der Waals surface area contributed by atoms with Crippen LogP contribution in [0.15, 0.2) is 29.1 Å². The summed E-state index contributed by atoms with van der Waals surface area (Å²) in [6.45, 7) is 5.15. The number of hydrogen-bond acceptors (Lipinski definition) is 4. The first-order chi connectivity index (χ1) is 11.4. The second-order valence-electron chi connectivity index (χ2n) is 6.25. The molecule has 0 fully saturated rings. The van der Waals surface area contributed by atoms with Crippen LogP contribution in [0.2, 0.25) is 5.02 Å². The molecular weight excluding hydrogens is 342 g/mol. The zero-order valence-corrected chi connectivity index (χ0v) is 15.8. The molecule has 126 valence electrons. The fourth-order valence-electron chi connectivity index (χ4n) is 2.71. The molecular formula is C18H20ClN3OS. The molecule has 0 spiro atoms. The highest BCUT2D eigenvalue weighted by atomic mass is 35.5. The van der Waals surface area contributed by atoms with Crippen molar-refractivity contribution in [3.05, 3.63) is 61.5 Å². The molecule has 0 amide bonds. The number of aromatic nitrogens is 2. The van der Waals surface area contributed by atoms with Gasteiger partial charge in [-0.15, -0.1) is 11.3 Å². The van der Waals surface area contributed by atoms with Gasteiger partial charge in [0.1, 0.15) is 10.7 Å². The lowest BCUT2D eigenvalue weighted by Gasteiger charge is -2.16. The lowest BCUT2D eigenvalue weighted by molar-refractivity contribution is 0.379. The molecule has 2 aromatic heterocycles. The van der Waals surface area contributed by atoms with Gasteiger partial charge in [0.2, 0.25) is 0 Å². The van der Waals surface area contributed by atoms with Crippen LogP contribution in [0.25, 0.3) is 10.2 Å². The van der Waals surface area contributed by atoms with E-state index >= 15 is 0 Å². The molecule has 0 bridgehead atoms. The Morgan fingerprint density at radius 3 is 2.50 bits per heavy atom. The Hall–Kier alpha value is -1.69. The van der Waals surface area contributed by atoms with Gasteiger partial charge in [0.05, 0.1) is 18.5 Å². The fraction of sp³-hybridized carbons (Fsp3) is 0.333. The van der Waals surface area contributed by atoms with E-state index in [1.807, 2.05) is 57.1 Å². The van der Waals surface area contributed by atoms with Crippen LogP contribution in [0, 0.1) is 13.8 Å². The third-order valence-electron chi connectivity index (χ3n) is 4.08. The molecule has 0 unspecified atom stereocenters. The summed E-state index contributed by atoms with van der Waals surface area (Å²) in [7, 11) is 3.96. The third kappa shape index (κ3) is 3.24. The van der Waals surface area contributed by atoms with Gasteiger partial charge in [-0.1, -0.05) is 23.7 Å². The average Bonchev–Trinajstić information content (AvgIpc) is 2.79. The van der Waals surface area contributed by atoms with E-state index in [0.717, 1.165) is 32.0 Å². The quantitative estimate of drug-likeness (QED) is 0.708. The van der Waals surface area contributed by atoms with E-state index in [1.54, 1.807) is 15.9 Å². The highest BCUT2D eigenvalue weighted by Crippen LogP contribution is 2.26. The number of fused-ring (bicyclic) bond motifs is 1. The Labute approximate surface area is 150 Å². The van der Waals surface area contributed by atoms with Crippen molar-refractivity contribution >= 4 is 33.2 Å². The van der Waals surface area contributed by atoms with Gasteiger partial charge in [0.15, 0.2) is 0 Å². The van der Waals surface area contributed by atoms with Crippen LogP contribution in [0.4, 0.5) is 0 Å². The maximum absolute atomic E-state index is 13.1. The number of halogens is 1. The lowest BCUT2D eigenvalue weighted by Crippen LogP contribution is -2.28. The van der Waals surface area contributed by atoms with E-state index in [1.165, 1.54) is 0 Å². The molecule has 0 saturated heterocycles. The smallest absolute Gasteiger partial charge is 0.262 e. The molecule has 6 heteroatoms. The fourth-order valence-corrected chi connectivity index (χ4v) is 3.87. The predicted molar refractivity (Wildman–Crippen MR) is 101 cm³/mol. The van der Waals surface area contributed by atoms with E-state index in [0.29, 0.717) is 18.1 Å². The van der Waals surface area contributed by atoms with Crippen molar-refractivity contribution in [2.75, 3.05) is 14.1 Å². The predicted octanol–water partition coefficient (Wildman–Crippen LogP) is 3.84. The summed E-state index contributed by atoms with van der Waals surface area (Å²) in [6, 6.07) is 7.59. The SMILES string of the molecule is Cc1sc2nc(CN(C)C)n(Cc3ccc(Cl)cc3)c(=O)c2c1C. The van der Waals surface area contributed by atoms with Crippen molar-refractivity contribution in [2.45, 2.75) is 26.9 Å². The lowest BCUT2D eigenvalue weighted by atomic mass is 10.2. The van der Waals surface area contributed by atoms with E-state index in [9.17, 15) is 4.79 Å². The van der Waals surface area contributed by atoms with Crippen LogP contribution < -0.4 is 5.56 Å². The van der Waals surface area contributed by atoms with Crippen molar-refractivity contribution in [2.24, 2.45) is 0 Å². The minimum absolute atomic E-state index is 0.0358. The molecule has 3 rings (SSSR count). The molecule has 4 nitrogen and oxygen atoms in total. The largest absolute Gasteiger partial charge is 0.302 e. The Morgan fingerprint density at radius 1 is 1.21 bits per heavy atom. The summed E-state index contributed by atoms with van der Waals surface area (Å²) in [4.78, 5) is 21.9. The van der Waals surface area contributed by atoms with E-state index in [2.05, 4.69) is 0 Å². The van der Waals surface area contributed by atoms with Gasteiger partial charge in [0.25, 0.3) is 5.56 Å². The Morgan fingerprint density at radius 2 is 1.88 bits per heavy atom.